The third-order valence-corrected chi connectivity index (χ3v) is 8.72. The Labute approximate surface area is 270 Å². The number of H-pyrrole nitrogens is 1. The van der Waals surface area contributed by atoms with Crippen molar-refractivity contribution in [2.24, 2.45) is 5.92 Å². The number of piperidine rings is 1. The summed E-state index contributed by atoms with van der Waals surface area (Å²) in [6, 6.07) is 21.3. The molecule has 0 atom stereocenters. The molecule has 0 bridgehead atoms. The molecule has 3 aromatic carbocycles. The second-order valence-electron chi connectivity index (χ2n) is 11.8. The lowest BCUT2D eigenvalue weighted by atomic mass is 9.93. The second-order valence-corrected chi connectivity index (χ2v) is 11.8. The standard InChI is InChI=1S/C37H44N4O5/c1-45-31-10-11-33-32(23-31)30(24-39-33)14-18-38-36(43)26-41(37(44)13-9-28-8-12-34(42)35(22-28)46-2)21-17-27-15-19-40(20-16-27)25-29-6-4-3-5-7-29/h3-13,22-24,27,39,42H,14-21,25-26H2,1-2H3,(H,38,43)/b13-9+. The van der Waals surface area contributed by atoms with Crippen LogP contribution in [0, 0.1) is 5.92 Å². The van der Waals surface area contributed by atoms with Gasteiger partial charge in [-0.05, 0) is 97.8 Å². The number of nitrogens with one attached hydrogen (secondary N) is 2. The number of aromatic hydroxyl groups is 1. The molecule has 4 aromatic rings. The van der Waals surface area contributed by atoms with Gasteiger partial charge in [0.15, 0.2) is 11.5 Å². The van der Waals surface area contributed by atoms with Gasteiger partial charge in [-0.15, -0.1) is 0 Å². The molecular formula is C37H44N4O5. The zero-order chi connectivity index (χ0) is 32.3. The number of amides is 2. The summed E-state index contributed by atoms with van der Waals surface area (Å²) < 4.78 is 10.6. The van der Waals surface area contributed by atoms with E-state index < -0.39 is 0 Å². The lowest BCUT2D eigenvalue weighted by Gasteiger charge is -2.33. The third kappa shape index (κ3) is 8.91. The highest BCUT2D eigenvalue weighted by atomic mass is 16.5. The van der Waals surface area contributed by atoms with Crippen LogP contribution in [0.25, 0.3) is 17.0 Å². The Hall–Kier alpha value is -4.76. The molecule has 46 heavy (non-hydrogen) atoms. The Morgan fingerprint density at radius 2 is 1.85 bits per heavy atom. The van der Waals surface area contributed by atoms with E-state index in [0.717, 1.165) is 61.1 Å². The molecule has 242 valence electrons. The van der Waals surface area contributed by atoms with Crippen molar-refractivity contribution in [1.29, 1.82) is 0 Å². The van der Waals surface area contributed by atoms with Gasteiger partial charge in [0, 0.05) is 42.8 Å². The zero-order valence-corrected chi connectivity index (χ0v) is 26.7. The van der Waals surface area contributed by atoms with E-state index in [1.807, 2.05) is 30.5 Å². The number of phenols is 1. The average molecular weight is 625 g/mol. The minimum Gasteiger partial charge on any atom is -0.504 e. The first-order valence-corrected chi connectivity index (χ1v) is 15.9. The van der Waals surface area contributed by atoms with Crippen LogP contribution in [0.1, 0.15) is 36.0 Å². The first kappa shape index (κ1) is 32.6. The Morgan fingerprint density at radius 3 is 2.61 bits per heavy atom. The topological polar surface area (TPSA) is 107 Å². The van der Waals surface area contributed by atoms with Crippen molar-refractivity contribution in [3.63, 3.8) is 0 Å². The summed E-state index contributed by atoms with van der Waals surface area (Å²) in [6.45, 7) is 3.94. The van der Waals surface area contributed by atoms with Crippen LogP contribution in [-0.4, -0.2) is 78.6 Å². The van der Waals surface area contributed by atoms with Gasteiger partial charge in [-0.2, -0.15) is 0 Å². The monoisotopic (exact) mass is 624 g/mol. The van der Waals surface area contributed by atoms with Crippen molar-refractivity contribution in [3.8, 4) is 17.2 Å². The summed E-state index contributed by atoms with van der Waals surface area (Å²) in [5.41, 5.74) is 4.15. The molecule has 3 N–H and O–H groups in total. The van der Waals surface area contributed by atoms with Gasteiger partial charge in [0.05, 0.1) is 20.8 Å². The van der Waals surface area contributed by atoms with Crippen LogP contribution in [0.15, 0.2) is 79.0 Å². The third-order valence-electron chi connectivity index (χ3n) is 8.72. The number of aromatic nitrogens is 1. The van der Waals surface area contributed by atoms with Crippen molar-refractivity contribution in [2.75, 3.05) is 46.9 Å². The van der Waals surface area contributed by atoms with Crippen LogP contribution in [0.5, 0.6) is 17.2 Å². The van der Waals surface area contributed by atoms with E-state index in [9.17, 15) is 14.7 Å². The van der Waals surface area contributed by atoms with E-state index in [4.69, 9.17) is 9.47 Å². The van der Waals surface area contributed by atoms with Crippen molar-refractivity contribution < 1.29 is 24.2 Å². The molecule has 0 radical (unpaired) electrons. The largest absolute Gasteiger partial charge is 0.504 e. The molecule has 0 spiro atoms. The van der Waals surface area contributed by atoms with Crippen LogP contribution in [-0.2, 0) is 22.6 Å². The number of hydrogen-bond acceptors (Lipinski definition) is 6. The fourth-order valence-corrected chi connectivity index (χ4v) is 6.01. The van der Waals surface area contributed by atoms with Crippen LogP contribution >= 0.6 is 0 Å². The van der Waals surface area contributed by atoms with E-state index in [1.165, 1.54) is 24.8 Å². The normalized spacial score (nSPS) is 14.0. The smallest absolute Gasteiger partial charge is 0.247 e. The second kappa shape index (κ2) is 16.0. The Kier molecular flexibility index (Phi) is 11.3. The number of aromatic amines is 1. The van der Waals surface area contributed by atoms with Gasteiger partial charge in [-0.3, -0.25) is 14.5 Å². The predicted molar refractivity (Wildman–Crippen MR) is 181 cm³/mol. The highest BCUT2D eigenvalue weighted by molar-refractivity contribution is 5.94. The molecule has 1 aliphatic heterocycles. The number of likely N-dealkylation sites (tertiary alicyclic amines) is 1. The zero-order valence-electron chi connectivity index (χ0n) is 26.7. The Balaban J connectivity index is 1.17. The number of carbonyl (C=O) groups excluding carboxylic acids is 2. The number of phenolic OH excluding ortho intramolecular Hbond substituents is 1. The minimum atomic E-state index is -0.229. The maximum absolute atomic E-state index is 13.4. The quantitative estimate of drug-likeness (QED) is 0.162. The predicted octanol–water partition coefficient (Wildman–Crippen LogP) is 5.39. The molecule has 9 heteroatoms. The maximum Gasteiger partial charge on any atom is 0.247 e. The summed E-state index contributed by atoms with van der Waals surface area (Å²) in [6.07, 6.45) is 8.76. The highest BCUT2D eigenvalue weighted by Gasteiger charge is 2.22. The number of benzene rings is 3. The van der Waals surface area contributed by atoms with Gasteiger partial charge in [0.25, 0.3) is 0 Å². The van der Waals surface area contributed by atoms with Crippen molar-refractivity contribution in [2.45, 2.75) is 32.2 Å². The molecule has 1 aliphatic rings. The number of carbonyl (C=O) groups is 2. The summed E-state index contributed by atoms with van der Waals surface area (Å²) in [5, 5.41) is 14.0. The molecule has 9 nitrogen and oxygen atoms in total. The van der Waals surface area contributed by atoms with Gasteiger partial charge in [0.2, 0.25) is 11.8 Å². The first-order valence-electron chi connectivity index (χ1n) is 15.9. The van der Waals surface area contributed by atoms with Crippen molar-refractivity contribution in [3.05, 3.63) is 95.7 Å². The fourth-order valence-electron chi connectivity index (χ4n) is 6.01. The number of ether oxygens (including phenoxy) is 2. The molecular weight excluding hydrogens is 580 g/mol. The molecule has 5 rings (SSSR count). The van der Waals surface area contributed by atoms with Gasteiger partial charge < -0.3 is 29.8 Å². The molecule has 0 saturated carbocycles. The molecule has 1 saturated heterocycles. The average Bonchev–Trinajstić information content (AvgIpc) is 3.49. The summed E-state index contributed by atoms with van der Waals surface area (Å²) in [5.74, 6) is 1.22. The molecule has 1 aromatic heterocycles. The molecule has 2 heterocycles. The number of fused-ring (bicyclic) bond motifs is 1. The van der Waals surface area contributed by atoms with Crippen molar-refractivity contribution in [1.82, 2.24) is 20.1 Å². The maximum atomic E-state index is 13.4. The Bertz CT molecular complexity index is 1630. The molecule has 0 unspecified atom stereocenters. The summed E-state index contributed by atoms with van der Waals surface area (Å²) in [4.78, 5) is 33.9. The fraction of sp³-hybridized carbons (Fsp3) is 0.351. The van der Waals surface area contributed by atoms with Gasteiger partial charge in [0.1, 0.15) is 5.75 Å². The Morgan fingerprint density at radius 1 is 1.04 bits per heavy atom. The SMILES string of the molecule is COc1ccc2[nH]cc(CCNC(=O)CN(CCC3CCN(Cc4ccccc4)CC3)C(=O)/C=C/c3ccc(O)c(OC)c3)c2c1. The van der Waals surface area contributed by atoms with E-state index in [-0.39, 0.29) is 24.1 Å². The molecule has 2 amide bonds. The lowest BCUT2D eigenvalue weighted by Crippen LogP contribution is -2.42. The first-order chi connectivity index (χ1) is 22.4. The van der Waals surface area contributed by atoms with Crippen LogP contribution in [0.2, 0.25) is 0 Å². The van der Waals surface area contributed by atoms with E-state index in [1.54, 1.807) is 30.2 Å². The summed E-state index contributed by atoms with van der Waals surface area (Å²) in [7, 11) is 3.13. The van der Waals surface area contributed by atoms with Crippen LogP contribution in [0.3, 0.4) is 0 Å². The minimum absolute atomic E-state index is 0.0172. The van der Waals surface area contributed by atoms with Gasteiger partial charge in [-0.1, -0.05) is 36.4 Å². The van der Waals surface area contributed by atoms with Gasteiger partial charge >= 0.3 is 0 Å². The number of hydrogen-bond donors (Lipinski definition) is 3. The molecule has 1 fully saturated rings. The van der Waals surface area contributed by atoms with E-state index in [0.29, 0.717) is 36.7 Å². The van der Waals surface area contributed by atoms with E-state index >= 15 is 0 Å². The number of nitrogens with zero attached hydrogens (tertiary/aromatic N) is 2. The number of rotatable bonds is 14. The lowest BCUT2D eigenvalue weighted by molar-refractivity contribution is -0.132. The van der Waals surface area contributed by atoms with Crippen LogP contribution < -0.4 is 14.8 Å². The van der Waals surface area contributed by atoms with E-state index in [2.05, 4.69) is 39.5 Å². The number of methoxy groups -OCH3 is 2. The van der Waals surface area contributed by atoms with Crippen molar-refractivity contribution >= 4 is 28.8 Å². The van der Waals surface area contributed by atoms with Gasteiger partial charge in [-0.25, -0.2) is 0 Å². The molecule has 0 aliphatic carbocycles. The summed E-state index contributed by atoms with van der Waals surface area (Å²) >= 11 is 0. The highest BCUT2D eigenvalue weighted by Crippen LogP contribution is 2.27. The van der Waals surface area contributed by atoms with Crippen LogP contribution in [0.4, 0.5) is 0 Å².